The lowest BCUT2D eigenvalue weighted by molar-refractivity contribution is -0.178. The van der Waals surface area contributed by atoms with Gasteiger partial charge in [0.1, 0.15) is 5.60 Å². The molecular weight excluding hydrogens is 526 g/mol. The summed E-state index contributed by atoms with van der Waals surface area (Å²) in [4.78, 5) is 42.4. The van der Waals surface area contributed by atoms with Gasteiger partial charge in [0.25, 0.3) is 0 Å². The Morgan fingerprint density at radius 3 is 2.78 bits per heavy atom. The maximum atomic E-state index is 13.5. The number of aryl methyl sites for hydroxylation is 1. The molecule has 10 heteroatoms. The second kappa shape index (κ2) is 9.87. The van der Waals surface area contributed by atoms with Crippen molar-refractivity contribution >= 4 is 23.2 Å². The van der Waals surface area contributed by atoms with E-state index in [0.717, 1.165) is 24.0 Å². The number of aliphatic hydroxyl groups is 2. The van der Waals surface area contributed by atoms with E-state index in [1.54, 1.807) is 25.2 Å². The number of hydrogen-bond acceptors (Lipinski definition) is 9. The first-order valence-electron chi connectivity index (χ1n) is 14.5. The third-order valence-corrected chi connectivity index (χ3v) is 10.6. The predicted octanol–water partition coefficient (Wildman–Crippen LogP) is 3.74. The van der Waals surface area contributed by atoms with E-state index in [2.05, 4.69) is 22.4 Å². The minimum Gasteiger partial charge on any atom is -0.441 e. The van der Waals surface area contributed by atoms with Gasteiger partial charge >= 0.3 is 6.09 Å². The van der Waals surface area contributed by atoms with Crippen molar-refractivity contribution in [2.45, 2.75) is 77.4 Å². The smallest absolute Gasteiger partial charge is 0.411 e. The molecule has 1 amide bonds. The minimum absolute atomic E-state index is 0.0188. The molecular formula is C31H37N3O7. The van der Waals surface area contributed by atoms with E-state index in [9.17, 15) is 24.6 Å². The number of aromatic nitrogens is 2. The average molecular weight is 564 g/mol. The van der Waals surface area contributed by atoms with Crippen LogP contribution >= 0.6 is 0 Å². The summed E-state index contributed by atoms with van der Waals surface area (Å²) in [5.41, 5.74) is -0.605. The Morgan fingerprint density at radius 2 is 2.02 bits per heavy atom. The second-order valence-corrected chi connectivity index (χ2v) is 12.7. The lowest BCUT2D eigenvalue weighted by atomic mass is 9.46. The van der Waals surface area contributed by atoms with Crippen LogP contribution < -0.4 is 5.32 Å². The molecule has 3 N–H and O–H groups in total. The molecule has 0 spiro atoms. The van der Waals surface area contributed by atoms with Crippen molar-refractivity contribution in [3.05, 3.63) is 53.4 Å². The Morgan fingerprint density at radius 1 is 1.22 bits per heavy atom. The molecule has 5 unspecified atom stereocenters. The fourth-order valence-electron chi connectivity index (χ4n) is 8.58. The van der Waals surface area contributed by atoms with Gasteiger partial charge in [0, 0.05) is 34.9 Å². The number of carbonyl (C=O) groups excluding carboxylic acids is 3. The highest BCUT2D eigenvalue weighted by molar-refractivity contribution is 6.01. The summed E-state index contributed by atoms with van der Waals surface area (Å²) in [7, 11) is 0. The normalized spacial score (nSPS) is 37.7. The van der Waals surface area contributed by atoms with Crippen molar-refractivity contribution in [3.8, 4) is 0 Å². The molecule has 5 aliphatic carbocycles. The number of allylic oxidation sites excluding steroid dienone is 8. The molecule has 0 bridgehead atoms. The van der Waals surface area contributed by atoms with E-state index in [-0.39, 0.29) is 36.4 Å². The first-order chi connectivity index (χ1) is 19.4. The van der Waals surface area contributed by atoms with Crippen molar-refractivity contribution in [1.29, 1.82) is 0 Å². The van der Waals surface area contributed by atoms with Gasteiger partial charge < -0.3 is 19.5 Å². The lowest BCUT2D eigenvalue weighted by Gasteiger charge is -2.59. The number of aliphatic hydroxyl groups excluding tert-OH is 1. The summed E-state index contributed by atoms with van der Waals surface area (Å²) in [6.07, 6.45) is 11.4. The molecule has 3 fully saturated rings. The molecule has 7 atom stereocenters. The van der Waals surface area contributed by atoms with Gasteiger partial charge in [0.05, 0.1) is 6.10 Å². The summed E-state index contributed by atoms with van der Waals surface area (Å²) >= 11 is 0. The number of ketones is 2. The molecule has 1 heterocycles. The first kappa shape index (κ1) is 27.8. The van der Waals surface area contributed by atoms with Crippen LogP contribution in [0.5, 0.6) is 0 Å². The largest absolute Gasteiger partial charge is 0.441 e. The van der Waals surface area contributed by atoms with Crippen molar-refractivity contribution in [1.82, 2.24) is 15.5 Å². The van der Waals surface area contributed by atoms with Crippen LogP contribution in [0.15, 0.2) is 46.2 Å². The number of fused-ring (bicyclic) bond motifs is 5. The monoisotopic (exact) mass is 563 g/mol. The molecule has 10 nitrogen and oxygen atoms in total. The Hall–Kier alpha value is -3.37. The topological polar surface area (TPSA) is 152 Å². The predicted molar refractivity (Wildman–Crippen MR) is 147 cm³/mol. The zero-order chi connectivity index (χ0) is 29.2. The molecule has 1 aromatic rings. The van der Waals surface area contributed by atoms with Gasteiger partial charge in [-0.05, 0) is 75.0 Å². The zero-order valence-electron chi connectivity index (χ0n) is 23.7. The van der Waals surface area contributed by atoms with Gasteiger partial charge in [-0.15, -0.1) is 0 Å². The molecule has 0 aliphatic heterocycles. The fraction of sp³-hybridized carbons (Fsp3) is 0.581. The van der Waals surface area contributed by atoms with E-state index in [1.165, 1.54) is 0 Å². The molecule has 218 valence electrons. The van der Waals surface area contributed by atoms with Crippen molar-refractivity contribution in [2.24, 2.45) is 28.6 Å². The number of hydrogen-bond donors (Lipinski definition) is 3. The maximum Gasteiger partial charge on any atom is 0.411 e. The molecule has 3 saturated carbocycles. The van der Waals surface area contributed by atoms with Gasteiger partial charge in [-0.2, -0.15) is 4.98 Å². The van der Waals surface area contributed by atoms with E-state index < -0.39 is 41.0 Å². The van der Waals surface area contributed by atoms with Gasteiger partial charge in [-0.3, -0.25) is 14.9 Å². The quantitative estimate of drug-likeness (QED) is 0.486. The number of nitrogens with zero attached hydrogens (tertiary/aromatic N) is 2. The molecule has 1 aromatic heterocycles. The van der Waals surface area contributed by atoms with Crippen LogP contribution in [0, 0.1) is 35.5 Å². The van der Waals surface area contributed by atoms with Crippen LogP contribution in [0.3, 0.4) is 0 Å². The van der Waals surface area contributed by atoms with Crippen LogP contribution in [0.2, 0.25) is 0 Å². The van der Waals surface area contributed by atoms with Crippen LogP contribution in [0.4, 0.5) is 4.79 Å². The van der Waals surface area contributed by atoms with Crippen molar-refractivity contribution in [3.63, 3.8) is 0 Å². The van der Waals surface area contributed by atoms with Crippen molar-refractivity contribution in [2.75, 3.05) is 6.61 Å². The Bertz CT molecular complexity index is 1420. The molecule has 5 aliphatic rings. The number of rotatable bonds is 5. The summed E-state index contributed by atoms with van der Waals surface area (Å²) in [5.74, 6) is 0.330. The van der Waals surface area contributed by atoms with E-state index >= 15 is 0 Å². The summed E-state index contributed by atoms with van der Waals surface area (Å²) < 4.78 is 10.3. The van der Waals surface area contributed by atoms with Crippen LogP contribution in [-0.2, 0) is 14.3 Å². The molecule has 41 heavy (non-hydrogen) atoms. The van der Waals surface area contributed by atoms with Crippen LogP contribution in [0.1, 0.15) is 70.5 Å². The highest BCUT2D eigenvalue weighted by Crippen LogP contribution is 2.67. The highest BCUT2D eigenvalue weighted by Gasteiger charge is 2.68. The lowest BCUT2D eigenvalue weighted by Crippen LogP contribution is -2.61. The number of carbonyl (C=O) groups is 3. The highest BCUT2D eigenvalue weighted by atomic mass is 16.6. The second-order valence-electron chi connectivity index (χ2n) is 12.7. The number of amides is 1. The fourth-order valence-corrected chi connectivity index (χ4v) is 8.58. The van der Waals surface area contributed by atoms with Crippen LogP contribution in [0.25, 0.3) is 5.57 Å². The average Bonchev–Trinajstić information content (AvgIpc) is 3.48. The number of alkyl carbamates (subject to hydrolysis) is 1. The molecule has 0 saturated heterocycles. The minimum atomic E-state index is -1.71. The Balaban J connectivity index is 1.12. The van der Waals surface area contributed by atoms with Crippen LogP contribution in [-0.4, -0.2) is 56.3 Å². The Labute approximate surface area is 238 Å². The van der Waals surface area contributed by atoms with Gasteiger partial charge in [0.2, 0.25) is 17.5 Å². The van der Waals surface area contributed by atoms with Crippen molar-refractivity contribution < 1.29 is 33.9 Å². The van der Waals surface area contributed by atoms with E-state index in [1.807, 2.05) is 19.1 Å². The summed E-state index contributed by atoms with van der Waals surface area (Å²) in [5, 5.41) is 30.0. The zero-order valence-corrected chi connectivity index (χ0v) is 23.7. The summed E-state index contributed by atoms with van der Waals surface area (Å²) in [6.45, 7) is 5.12. The number of nitrogens with one attached hydrogen (secondary N) is 1. The SMILES string of the molecule is Cc1nc(C2=CCCC(NC(=O)OCC(=O)[C@@]3(O)CCC4C5CCC6=CC(=O)C=CC6(C)C5[C@@H](O)CC43C)=C2)no1. The van der Waals surface area contributed by atoms with E-state index in [4.69, 9.17) is 9.26 Å². The third-order valence-electron chi connectivity index (χ3n) is 10.6. The standard InChI is InChI=1S/C31H37N3O7/c1-17-32-27(34-41-17)18-5-4-6-20(13-18)33-28(38)40-16-25(37)31(39)12-10-23-22-8-7-19-14-21(35)9-11-29(19,2)26(22)24(36)15-30(23,31)3/h5,9,11,13-14,22-24,26,36,39H,4,6-8,10,12,15-16H2,1-3H3,(H,33,38)/t22?,23?,24-,26?,29?,30?,31-/m0/s1. The van der Waals surface area contributed by atoms with Gasteiger partial charge in [-0.1, -0.05) is 36.7 Å². The first-order valence-corrected chi connectivity index (χ1v) is 14.5. The maximum absolute atomic E-state index is 13.5. The molecule has 0 radical (unpaired) electrons. The van der Waals surface area contributed by atoms with E-state index in [0.29, 0.717) is 36.7 Å². The summed E-state index contributed by atoms with van der Waals surface area (Å²) in [6, 6.07) is 0. The molecule has 0 aromatic carbocycles. The number of Topliss-reactive ketones (excluding diaryl/α,β-unsaturated/α-hetero) is 1. The van der Waals surface area contributed by atoms with Gasteiger partial charge in [0.15, 0.2) is 12.4 Å². The Kier molecular flexibility index (Phi) is 6.69. The molecule has 6 rings (SSSR count). The number of ether oxygens (including phenoxy) is 1. The van der Waals surface area contributed by atoms with Gasteiger partial charge in [-0.25, -0.2) is 4.79 Å². The third kappa shape index (κ3) is 4.43.